The van der Waals surface area contributed by atoms with Crippen LogP contribution in [0.15, 0.2) is 12.1 Å². The lowest BCUT2D eigenvalue weighted by molar-refractivity contribution is 0.0380. The third-order valence-electron chi connectivity index (χ3n) is 3.64. The highest BCUT2D eigenvalue weighted by Gasteiger charge is 2.28. The van der Waals surface area contributed by atoms with E-state index in [2.05, 4.69) is 5.32 Å². The van der Waals surface area contributed by atoms with Crippen molar-refractivity contribution < 1.29 is 18.3 Å². The quantitative estimate of drug-likeness (QED) is 0.651. The Morgan fingerprint density at radius 3 is 2.32 bits per heavy atom. The first kappa shape index (κ1) is 14.2. The molecule has 0 amide bonds. The summed E-state index contributed by atoms with van der Waals surface area (Å²) in [5.74, 6) is -3.18. The van der Waals surface area contributed by atoms with Gasteiger partial charge in [0.25, 0.3) is 0 Å². The van der Waals surface area contributed by atoms with Gasteiger partial charge in [0.2, 0.25) is 0 Å². The summed E-state index contributed by atoms with van der Waals surface area (Å²) in [4.78, 5) is 0. The van der Waals surface area contributed by atoms with E-state index < -0.39 is 23.1 Å². The van der Waals surface area contributed by atoms with E-state index in [0.29, 0.717) is 18.9 Å². The molecule has 1 aliphatic rings. The number of nitrogens with one attached hydrogen (secondary N) is 1. The first-order chi connectivity index (χ1) is 9.00. The van der Waals surface area contributed by atoms with Gasteiger partial charge >= 0.3 is 0 Å². The van der Waals surface area contributed by atoms with Crippen molar-refractivity contribution in [2.24, 2.45) is 0 Å². The zero-order chi connectivity index (χ0) is 13.9. The molecule has 1 aromatic carbocycles. The predicted molar refractivity (Wildman–Crippen MR) is 67.5 cm³/mol. The van der Waals surface area contributed by atoms with E-state index in [-0.39, 0.29) is 12.2 Å². The van der Waals surface area contributed by atoms with E-state index in [0.717, 1.165) is 31.7 Å². The van der Waals surface area contributed by atoms with Gasteiger partial charge in [-0.3, -0.25) is 0 Å². The molecule has 0 aromatic heterocycles. The second-order valence-electron chi connectivity index (χ2n) is 5.24. The molecular formula is C14H18F3NO. The highest BCUT2D eigenvalue weighted by atomic mass is 19.2. The first-order valence-corrected chi connectivity index (χ1v) is 6.61. The fraction of sp³-hybridized carbons (Fsp3) is 0.571. The fourth-order valence-corrected chi connectivity index (χ4v) is 2.51. The summed E-state index contributed by atoms with van der Waals surface area (Å²) in [7, 11) is 0. The van der Waals surface area contributed by atoms with Crippen LogP contribution in [0.3, 0.4) is 0 Å². The topological polar surface area (TPSA) is 32.3 Å². The maximum atomic E-state index is 13.5. The Hall–Kier alpha value is -1.23. The summed E-state index contributed by atoms with van der Waals surface area (Å²) in [6, 6.07) is 1.40. The zero-order valence-electron chi connectivity index (χ0n) is 10.7. The number of rotatable bonds is 3. The molecule has 2 rings (SSSR count). The van der Waals surface area contributed by atoms with Crippen LogP contribution in [0.2, 0.25) is 0 Å². The second-order valence-corrected chi connectivity index (χ2v) is 5.24. The summed E-state index contributed by atoms with van der Waals surface area (Å²) in [5.41, 5.74) is -1.17. The molecule has 1 aromatic rings. The highest BCUT2D eigenvalue weighted by molar-refractivity contribution is 5.45. The normalized spacial score (nSPS) is 18.9. The van der Waals surface area contributed by atoms with E-state index in [1.165, 1.54) is 0 Å². The van der Waals surface area contributed by atoms with E-state index >= 15 is 0 Å². The molecule has 0 aliphatic heterocycles. The van der Waals surface area contributed by atoms with Crippen molar-refractivity contribution in [1.29, 1.82) is 0 Å². The molecule has 0 bridgehead atoms. The van der Waals surface area contributed by atoms with Crippen LogP contribution in [0.4, 0.5) is 18.9 Å². The molecule has 0 radical (unpaired) electrons. The van der Waals surface area contributed by atoms with Gasteiger partial charge in [0.15, 0.2) is 11.6 Å². The Morgan fingerprint density at radius 2 is 1.68 bits per heavy atom. The largest absolute Gasteiger partial charge is 0.388 e. The summed E-state index contributed by atoms with van der Waals surface area (Å²) < 4.78 is 39.5. The Kier molecular flexibility index (Phi) is 4.34. The molecule has 0 unspecified atom stereocenters. The Morgan fingerprint density at radius 1 is 1.05 bits per heavy atom. The van der Waals surface area contributed by atoms with Crippen LogP contribution in [0.5, 0.6) is 0 Å². The van der Waals surface area contributed by atoms with E-state index in [1.54, 1.807) is 0 Å². The van der Waals surface area contributed by atoms with Crippen LogP contribution in [0.25, 0.3) is 0 Å². The fourth-order valence-electron chi connectivity index (χ4n) is 2.51. The van der Waals surface area contributed by atoms with Crippen LogP contribution in [-0.2, 0) is 0 Å². The summed E-state index contributed by atoms with van der Waals surface area (Å²) >= 11 is 0. The van der Waals surface area contributed by atoms with Crippen molar-refractivity contribution in [1.82, 2.24) is 0 Å². The summed E-state index contributed by atoms with van der Waals surface area (Å²) in [6.45, 7) is 0.104. The SMILES string of the molecule is OC1(CNc2cc(F)cc(F)c2F)CCCCCC1. The number of aliphatic hydroxyl groups is 1. The Balaban J connectivity index is 2.05. The van der Waals surface area contributed by atoms with Crippen molar-refractivity contribution in [2.75, 3.05) is 11.9 Å². The molecule has 2 N–H and O–H groups in total. The molecule has 1 fully saturated rings. The summed E-state index contributed by atoms with van der Waals surface area (Å²) in [6.07, 6.45) is 5.23. The van der Waals surface area contributed by atoms with Crippen molar-refractivity contribution in [3.8, 4) is 0 Å². The first-order valence-electron chi connectivity index (χ1n) is 6.61. The van der Waals surface area contributed by atoms with E-state index in [9.17, 15) is 18.3 Å². The molecule has 1 aliphatic carbocycles. The van der Waals surface area contributed by atoms with Crippen molar-refractivity contribution in [2.45, 2.75) is 44.1 Å². The average molecular weight is 273 g/mol. The molecule has 1 saturated carbocycles. The van der Waals surface area contributed by atoms with Gasteiger partial charge in [0.1, 0.15) is 5.82 Å². The third-order valence-corrected chi connectivity index (χ3v) is 3.64. The molecule has 2 nitrogen and oxygen atoms in total. The molecule has 106 valence electrons. The van der Waals surface area contributed by atoms with Gasteiger partial charge in [-0.05, 0) is 12.8 Å². The van der Waals surface area contributed by atoms with Crippen LogP contribution in [0, 0.1) is 17.5 Å². The monoisotopic (exact) mass is 273 g/mol. The van der Waals surface area contributed by atoms with Crippen molar-refractivity contribution in [3.05, 3.63) is 29.6 Å². The van der Waals surface area contributed by atoms with Gasteiger partial charge in [-0.15, -0.1) is 0 Å². The molecule has 0 atom stereocenters. The second kappa shape index (κ2) is 5.82. The third kappa shape index (κ3) is 3.62. The Bertz CT molecular complexity index is 443. The zero-order valence-corrected chi connectivity index (χ0v) is 10.7. The Labute approximate surface area is 110 Å². The lowest BCUT2D eigenvalue weighted by Crippen LogP contribution is -2.36. The minimum atomic E-state index is -1.23. The lowest BCUT2D eigenvalue weighted by Gasteiger charge is -2.27. The van der Waals surface area contributed by atoms with E-state index in [4.69, 9.17) is 0 Å². The molecule has 19 heavy (non-hydrogen) atoms. The van der Waals surface area contributed by atoms with Crippen molar-refractivity contribution >= 4 is 5.69 Å². The molecular weight excluding hydrogens is 255 g/mol. The minimum Gasteiger partial charge on any atom is -0.388 e. The van der Waals surface area contributed by atoms with Crippen LogP contribution in [-0.4, -0.2) is 17.3 Å². The number of hydrogen-bond donors (Lipinski definition) is 2. The van der Waals surface area contributed by atoms with Gasteiger partial charge < -0.3 is 10.4 Å². The molecule has 0 saturated heterocycles. The number of halogens is 3. The number of anilines is 1. The maximum absolute atomic E-state index is 13.5. The number of hydrogen-bond acceptors (Lipinski definition) is 2. The minimum absolute atomic E-state index is 0.104. The molecule has 0 heterocycles. The van der Waals surface area contributed by atoms with Gasteiger partial charge in [0, 0.05) is 18.7 Å². The van der Waals surface area contributed by atoms with Crippen LogP contribution >= 0.6 is 0 Å². The predicted octanol–water partition coefficient (Wildman–Crippen LogP) is 3.60. The smallest absolute Gasteiger partial charge is 0.182 e. The average Bonchev–Trinajstić information content (AvgIpc) is 2.57. The van der Waals surface area contributed by atoms with Crippen molar-refractivity contribution in [3.63, 3.8) is 0 Å². The maximum Gasteiger partial charge on any atom is 0.182 e. The number of benzene rings is 1. The lowest BCUT2D eigenvalue weighted by atomic mass is 9.94. The highest BCUT2D eigenvalue weighted by Crippen LogP contribution is 2.28. The molecule has 5 heteroatoms. The van der Waals surface area contributed by atoms with E-state index in [1.807, 2.05) is 0 Å². The summed E-state index contributed by atoms with van der Waals surface area (Å²) in [5, 5.41) is 13.0. The van der Waals surface area contributed by atoms with Crippen LogP contribution < -0.4 is 5.32 Å². The molecule has 0 spiro atoms. The van der Waals surface area contributed by atoms with Gasteiger partial charge in [0.05, 0.1) is 11.3 Å². The van der Waals surface area contributed by atoms with Crippen LogP contribution in [0.1, 0.15) is 38.5 Å². The van der Waals surface area contributed by atoms with Gasteiger partial charge in [-0.2, -0.15) is 0 Å². The van der Waals surface area contributed by atoms with Gasteiger partial charge in [-0.1, -0.05) is 25.7 Å². The van der Waals surface area contributed by atoms with Gasteiger partial charge in [-0.25, -0.2) is 13.2 Å². The standard InChI is InChI=1S/C14H18F3NO/c15-10-7-11(16)13(17)12(8-10)18-9-14(19)5-3-1-2-4-6-14/h7-8,18-19H,1-6,9H2.